The molecule has 4 aromatic rings. The van der Waals surface area contributed by atoms with Crippen molar-refractivity contribution in [2.45, 2.75) is 25.4 Å². The Hall–Kier alpha value is -4.04. The summed E-state index contributed by atoms with van der Waals surface area (Å²) in [5, 5.41) is 6.64. The molecule has 1 fully saturated rings. The molecule has 5 rings (SSSR count). The lowest BCUT2D eigenvalue weighted by molar-refractivity contribution is -0.116. The van der Waals surface area contributed by atoms with Gasteiger partial charge >= 0.3 is 0 Å². The van der Waals surface area contributed by atoms with Gasteiger partial charge in [-0.1, -0.05) is 36.4 Å². The fourth-order valence-electron chi connectivity index (χ4n) is 4.68. The van der Waals surface area contributed by atoms with Crippen LogP contribution in [-0.2, 0) is 4.79 Å². The standard InChI is InChI=1S/C28H26FN5OS/c1-19-14-15-24(34(19)20-9-3-2-4-10-20)27-26(23-13-7-8-17-30-23)32-28(36)33(27)18-16-25(35)31-22-12-6-5-11-21(22)29/h2-15,17,26-27H,16,18H2,1H3,(H,31,35)(H,32,36)/t26-,27-/m0/s1. The number of aryl methyl sites for hydroxylation is 1. The van der Waals surface area contributed by atoms with E-state index in [2.05, 4.69) is 51.4 Å². The summed E-state index contributed by atoms with van der Waals surface area (Å²) in [5.41, 5.74) is 4.20. The largest absolute Gasteiger partial charge is 0.352 e. The summed E-state index contributed by atoms with van der Waals surface area (Å²) < 4.78 is 16.2. The minimum absolute atomic E-state index is 0.145. The van der Waals surface area contributed by atoms with E-state index in [0.29, 0.717) is 11.7 Å². The Bertz CT molecular complexity index is 1380. The van der Waals surface area contributed by atoms with Crippen molar-refractivity contribution in [2.75, 3.05) is 11.9 Å². The summed E-state index contributed by atoms with van der Waals surface area (Å²) >= 11 is 5.75. The highest BCUT2D eigenvalue weighted by Crippen LogP contribution is 2.40. The Morgan fingerprint density at radius 2 is 1.78 bits per heavy atom. The summed E-state index contributed by atoms with van der Waals surface area (Å²) in [6.45, 7) is 2.43. The van der Waals surface area contributed by atoms with Crippen LogP contribution in [0.5, 0.6) is 0 Å². The number of thiocarbonyl (C=S) groups is 1. The van der Waals surface area contributed by atoms with Crippen LogP contribution in [0.3, 0.4) is 0 Å². The van der Waals surface area contributed by atoms with Gasteiger partial charge in [-0.3, -0.25) is 9.78 Å². The van der Waals surface area contributed by atoms with Gasteiger partial charge in [-0.15, -0.1) is 0 Å². The first-order chi connectivity index (χ1) is 17.5. The van der Waals surface area contributed by atoms with E-state index in [1.807, 2.05) is 41.3 Å². The second-order valence-electron chi connectivity index (χ2n) is 8.67. The highest BCUT2D eigenvalue weighted by Gasteiger charge is 2.41. The number of hydrogen-bond donors (Lipinski definition) is 2. The van der Waals surface area contributed by atoms with Crippen LogP contribution in [0.2, 0.25) is 0 Å². The summed E-state index contributed by atoms with van der Waals surface area (Å²) in [6, 6.07) is 25.9. The molecule has 0 unspecified atom stereocenters. The normalized spacial score (nSPS) is 17.2. The first kappa shape index (κ1) is 23.7. The summed E-state index contributed by atoms with van der Waals surface area (Å²) in [5.74, 6) is -0.744. The molecule has 2 atom stereocenters. The van der Waals surface area contributed by atoms with Gasteiger partial charge < -0.3 is 20.1 Å². The van der Waals surface area contributed by atoms with Crippen molar-refractivity contribution in [1.29, 1.82) is 0 Å². The predicted molar refractivity (Wildman–Crippen MR) is 142 cm³/mol. The monoisotopic (exact) mass is 499 g/mol. The number of amides is 1. The average Bonchev–Trinajstić information content (AvgIpc) is 3.44. The van der Waals surface area contributed by atoms with Gasteiger partial charge in [0, 0.05) is 36.2 Å². The second kappa shape index (κ2) is 10.3. The quantitative estimate of drug-likeness (QED) is 0.337. The Morgan fingerprint density at radius 1 is 1.03 bits per heavy atom. The van der Waals surface area contributed by atoms with E-state index < -0.39 is 5.82 Å². The third-order valence-corrected chi connectivity index (χ3v) is 6.70. The molecule has 0 spiro atoms. The van der Waals surface area contributed by atoms with Crippen molar-refractivity contribution in [1.82, 2.24) is 19.8 Å². The van der Waals surface area contributed by atoms with E-state index in [1.165, 1.54) is 6.07 Å². The number of aromatic nitrogens is 2. The van der Waals surface area contributed by atoms with Crippen molar-refractivity contribution in [3.63, 3.8) is 0 Å². The van der Waals surface area contributed by atoms with Crippen molar-refractivity contribution >= 4 is 28.9 Å². The number of benzene rings is 2. The summed E-state index contributed by atoms with van der Waals surface area (Å²) in [4.78, 5) is 19.4. The van der Waals surface area contributed by atoms with E-state index >= 15 is 0 Å². The number of hydrogen-bond acceptors (Lipinski definition) is 3. The van der Waals surface area contributed by atoms with E-state index in [1.54, 1.807) is 24.4 Å². The number of halogens is 1. The zero-order chi connectivity index (χ0) is 25.1. The molecule has 1 amide bonds. The topological polar surface area (TPSA) is 62.2 Å². The minimum atomic E-state index is -0.464. The first-order valence-corrected chi connectivity index (χ1v) is 12.2. The molecule has 1 aliphatic rings. The molecule has 2 N–H and O–H groups in total. The number of carbonyl (C=O) groups excluding carboxylic acids is 1. The number of anilines is 1. The Labute approximate surface area is 214 Å². The summed E-state index contributed by atoms with van der Waals surface area (Å²) in [6.07, 6.45) is 1.91. The average molecular weight is 500 g/mol. The van der Waals surface area contributed by atoms with Crippen molar-refractivity contribution in [3.05, 3.63) is 114 Å². The molecule has 8 heteroatoms. The first-order valence-electron chi connectivity index (χ1n) is 11.8. The minimum Gasteiger partial charge on any atom is -0.352 e. The van der Waals surface area contributed by atoms with E-state index in [4.69, 9.17) is 12.2 Å². The van der Waals surface area contributed by atoms with Crippen LogP contribution in [0.25, 0.3) is 5.69 Å². The number of rotatable bonds is 7. The number of para-hydroxylation sites is 2. The lowest BCUT2D eigenvalue weighted by Crippen LogP contribution is -2.33. The molecule has 6 nitrogen and oxygen atoms in total. The highest BCUT2D eigenvalue weighted by atomic mass is 32.1. The maximum Gasteiger partial charge on any atom is 0.226 e. The molecular formula is C28H26FN5OS. The van der Waals surface area contributed by atoms with Crippen molar-refractivity contribution in [3.8, 4) is 5.69 Å². The molecule has 182 valence electrons. The molecule has 1 aliphatic heterocycles. The molecule has 3 heterocycles. The number of nitrogens with one attached hydrogen (secondary N) is 2. The van der Waals surface area contributed by atoms with E-state index in [-0.39, 0.29) is 30.1 Å². The van der Waals surface area contributed by atoms with E-state index in [0.717, 1.165) is 22.8 Å². The van der Waals surface area contributed by atoms with Gasteiger partial charge in [-0.2, -0.15) is 0 Å². The van der Waals surface area contributed by atoms with Crippen molar-refractivity contribution in [2.24, 2.45) is 0 Å². The Morgan fingerprint density at radius 3 is 2.53 bits per heavy atom. The molecule has 0 bridgehead atoms. The fraction of sp³-hybridized carbons (Fsp3) is 0.179. The zero-order valence-electron chi connectivity index (χ0n) is 19.8. The smallest absolute Gasteiger partial charge is 0.226 e. The van der Waals surface area contributed by atoms with E-state index in [9.17, 15) is 9.18 Å². The van der Waals surface area contributed by atoms with Gasteiger partial charge in [0.05, 0.1) is 23.5 Å². The van der Waals surface area contributed by atoms with Gasteiger partial charge in [0.1, 0.15) is 5.82 Å². The van der Waals surface area contributed by atoms with Crippen LogP contribution >= 0.6 is 12.2 Å². The molecule has 1 saturated heterocycles. The number of carbonyl (C=O) groups is 1. The van der Waals surface area contributed by atoms with Crippen LogP contribution in [0, 0.1) is 12.7 Å². The fourth-order valence-corrected chi connectivity index (χ4v) is 5.02. The molecular weight excluding hydrogens is 473 g/mol. The van der Waals surface area contributed by atoms with Crippen LogP contribution in [0.15, 0.2) is 91.1 Å². The van der Waals surface area contributed by atoms with Gasteiger partial charge in [0.15, 0.2) is 5.11 Å². The third kappa shape index (κ3) is 4.72. The van der Waals surface area contributed by atoms with Gasteiger partial charge in [-0.25, -0.2) is 4.39 Å². The molecule has 2 aromatic heterocycles. The molecule has 36 heavy (non-hydrogen) atoms. The maximum absolute atomic E-state index is 14.0. The predicted octanol–water partition coefficient (Wildman–Crippen LogP) is 5.32. The molecule has 0 saturated carbocycles. The second-order valence-corrected chi connectivity index (χ2v) is 9.06. The van der Waals surface area contributed by atoms with Gasteiger partial charge in [0.25, 0.3) is 0 Å². The lowest BCUT2D eigenvalue weighted by Gasteiger charge is -2.29. The number of pyridine rings is 1. The third-order valence-electron chi connectivity index (χ3n) is 6.35. The van der Waals surface area contributed by atoms with Crippen LogP contribution in [-0.4, -0.2) is 32.0 Å². The van der Waals surface area contributed by atoms with Gasteiger partial charge in [0.2, 0.25) is 5.91 Å². The van der Waals surface area contributed by atoms with Crippen LogP contribution < -0.4 is 10.6 Å². The maximum atomic E-state index is 14.0. The highest BCUT2D eigenvalue weighted by molar-refractivity contribution is 7.80. The van der Waals surface area contributed by atoms with Crippen LogP contribution in [0.4, 0.5) is 10.1 Å². The molecule has 0 aliphatic carbocycles. The summed E-state index contributed by atoms with van der Waals surface area (Å²) in [7, 11) is 0. The molecule has 0 radical (unpaired) electrons. The SMILES string of the molecule is Cc1ccc([C@H]2[C@H](c3ccccn3)NC(=S)N2CCC(=O)Nc2ccccc2F)n1-c1ccccc1. The number of nitrogens with zero attached hydrogens (tertiary/aromatic N) is 3. The Kier molecular flexibility index (Phi) is 6.77. The van der Waals surface area contributed by atoms with Gasteiger partial charge in [-0.05, 0) is 67.7 Å². The van der Waals surface area contributed by atoms with Crippen molar-refractivity contribution < 1.29 is 9.18 Å². The lowest BCUT2D eigenvalue weighted by atomic mass is 10.0. The Balaban J connectivity index is 1.47. The van der Waals surface area contributed by atoms with Crippen LogP contribution in [0.1, 0.15) is 35.6 Å². The zero-order valence-corrected chi connectivity index (χ0v) is 20.6. The molecule has 2 aromatic carbocycles.